The van der Waals surface area contributed by atoms with Crippen molar-refractivity contribution in [2.75, 3.05) is 11.4 Å². The maximum Gasteiger partial charge on any atom is 0.323 e. The Labute approximate surface area is 101 Å². The van der Waals surface area contributed by atoms with E-state index in [9.17, 15) is 4.79 Å². The van der Waals surface area contributed by atoms with Crippen LogP contribution in [0.25, 0.3) is 0 Å². The van der Waals surface area contributed by atoms with Crippen LogP contribution in [-0.2, 0) is 4.79 Å². The van der Waals surface area contributed by atoms with Crippen LogP contribution in [0.4, 0.5) is 5.69 Å². The fourth-order valence-electron chi connectivity index (χ4n) is 1.74. The largest absolute Gasteiger partial charge is 0.480 e. The van der Waals surface area contributed by atoms with Gasteiger partial charge in [-0.25, -0.2) is 0 Å². The summed E-state index contributed by atoms with van der Waals surface area (Å²) in [5, 5.41) is 17.7. The van der Waals surface area contributed by atoms with E-state index in [0.29, 0.717) is 5.56 Å². The summed E-state index contributed by atoms with van der Waals surface area (Å²) in [6.07, 6.45) is 0. The lowest BCUT2D eigenvalue weighted by Crippen LogP contribution is -2.36. The van der Waals surface area contributed by atoms with Gasteiger partial charge in [0.15, 0.2) is 0 Å². The molecule has 0 bridgehead atoms. The number of hydrogen-bond donors (Lipinski definition) is 1. The molecule has 1 N–H and O–H groups in total. The van der Waals surface area contributed by atoms with Gasteiger partial charge in [-0.15, -0.1) is 0 Å². The lowest BCUT2D eigenvalue weighted by atomic mass is 10.1. The lowest BCUT2D eigenvalue weighted by molar-refractivity contribution is -0.135. The zero-order valence-corrected chi connectivity index (χ0v) is 10.3. The van der Waals surface area contributed by atoms with Crippen LogP contribution < -0.4 is 4.90 Å². The second-order valence-electron chi connectivity index (χ2n) is 4.23. The molecule has 4 nitrogen and oxygen atoms in total. The van der Waals surface area contributed by atoms with E-state index in [1.165, 1.54) is 0 Å². The minimum atomic E-state index is -0.859. The Balaban J connectivity index is 3.11. The maximum absolute atomic E-state index is 10.8. The first-order valence-corrected chi connectivity index (χ1v) is 5.45. The number of aryl methyl sites for hydroxylation is 1. The average Bonchev–Trinajstić information content (AvgIpc) is 2.25. The summed E-state index contributed by atoms with van der Waals surface area (Å²) >= 11 is 0. The Hall–Kier alpha value is -2.02. The standard InChI is InChI=1S/C13H16N2O2/c1-9(2)15(8-13(16)17)12-5-4-11(7-14)6-10(12)3/h4-6,9H,8H2,1-3H3,(H,16,17). The van der Waals surface area contributed by atoms with Crippen LogP contribution >= 0.6 is 0 Å². The number of carboxylic acid groups (broad SMARTS) is 1. The molecule has 1 aromatic rings. The molecule has 0 aromatic heterocycles. The number of nitriles is 1. The Morgan fingerprint density at radius 1 is 1.53 bits per heavy atom. The van der Waals surface area contributed by atoms with Gasteiger partial charge >= 0.3 is 5.97 Å². The molecule has 0 aliphatic heterocycles. The van der Waals surface area contributed by atoms with E-state index in [4.69, 9.17) is 10.4 Å². The maximum atomic E-state index is 10.8. The van der Waals surface area contributed by atoms with Gasteiger partial charge in [-0.3, -0.25) is 4.79 Å². The van der Waals surface area contributed by atoms with Crippen molar-refractivity contribution in [3.63, 3.8) is 0 Å². The fraction of sp³-hybridized carbons (Fsp3) is 0.385. The summed E-state index contributed by atoms with van der Waals surface area (Å²) in [5.74, 6) is -0.859. The van der Waals surface area contributed by atoms with Crippen LogP contribution in [0.15, 0.2) is 18.2 Å². The van der Waals surface area contributed by atoms with Crippen LogP contribution in [0.1, 0.15) is 25.0 Å². The monoisotopic (exact) mass is 232 g/mol. The highest BCUT2D eigenvalue weighted by Crippen LogP contribution is 2.22. The third-order valence-electron chi connectivity index (χ3n) is 2.56. The fourth-order valence-corrected chi connectivity index (χ4v) is 1.74. The Morgan fingerprint density at radius 3 is 2.59 bits per heavy atom. The summed E-state index contributed by atoms with van der Waals surface area (Å²) in [4.78, 5) is 12.6. The van der Waals surface area contributed by atoms with Crippen molar-refractivity contribution < 1.29 is 9.90 Å². The number of benzene rings is 1. The van der Waals surface area contributed by atoms with E-state index >= 15 is 0 Å². The average molecular weight is 232 g/mol. The highest BCUT2D eigenvalue weighted by Gasteiger charge is 2.16. The Bertz CT molecular complexity index is 461. The Kier molecular flexibility index (Phi) is 4.11. The molecule has 0 unspecified atom stereocenters. The molecule has 1 rings (SSSR count). The van der Waals surface area contributed by atoms with Crippen molar-refractivity contribution >= 4 is 11.7 Å². The highest BCUT2D eigenvalue weighted by molar-refractivity contribution is 5.74. The molecule has 0 aliphatic rings. The molecule has 0 radical (unpaired) electrons. The molecule has 17 heavy (non-hydrogen) atoms. The van der Waals surface area contributed by atoms with Crippen molar-refractivity contribution in [1.82, 2.24) is 0 Å². The number of rotatable bonds is 4. The van der Waals surface area contributed by atoms with Gasteiger partial charge in [0.1, 0.15) is 6.54 Å². The molecule has 0 aliphatic carbocycles. The van der Waals surface area contributed by atoms with Gasteiger partial charge in [0.25, 0.3) is 0 Å². The van der Waals surface area contributed by atoms with Gasteiger partial charge in [0, 0.05) is 11.7 Å². The van der Waals surface area contributed by atoms with Crippen LogP contribution in [0.5, 0.6) is 0 Å². The van der Waals surface area contributed by atoms with E-state index in [1.54, 1.807) is 23.1 Å². The molecule has 0 atom stereocenters. The zero-order chi connectivity index (χ0) is 13.0. The summed E-state index contributed by atoms with van der Waals surface area (Å²) in [7, 11) is 0. The molecule has 0 heterocycles. The molecule has 0 spiro atoms. The highest BCUT2D eigenvalue weighted by atomic mass is 16.4. The molecule has 90 valence electrons. The third-order valence-corrected chi connectivity index (χ3v) is 2.56. The zero-order valence-electron chi connectivity index (χ0n) is 10.3. The molecular weight excluding hydrogens is 216 g/mol. The minimum Gasteiger partial charge on any atom is -0.480 e. The second kappa shape index (κ2) is 5.35. The Morgan fingerprint density at radius 2 is 2.18 bits per heavy atom. The topological polar surface area (TPSA) is 64.3 Å². The second-order valence-corrected chi connectivity index (χ2v) is 4.23. The van der Waals surface area contributed by atoms with Crippen LogP contribution in [0, 0.1) is 18.3 Å². The molecule has 0 saturated carbocycles. The first kappa shape index (κ1) is 13.0. The molecule has 4 heteroatoms. The number of carbonyl (C=O) groups is 1. The van der Waals surface area contributed by atoms with E-state index in [0.717, 1.165) is 11.3 Å². The quantitative estimate of drug-likeness (QED) is 0.864. The third kappa shape index (κ3) is 3.22. The number of anilines is 1. The van der Waals surface area contributed by atoms with Crippen LogP contribution in [-0.4, -0.2) is 23.7 Å². The first-order chi connectivity index (χ1) is 7.95. The summed E-state index contributed by atoms with van der Waals surface area (Å²) in [6.45, 7) is 5.74. The minimum absolute atomic E-state index is 0.0373. The van der Waals surface area contributed by atoms with Gasteiger partial charge < -0.3 is 10.0 Å². The molecule has 0 saturated heterocycles. The summed E-state index contributed by atoms with van der Waals surface area (Å²) < 4.78 is 0. The van der Waals surface area contributed by atoms with E-state index < -0.39 is 5.97 Å². The van der Waals surface area contributed by atoms with Gasteiger partial charge in [-0.05, 0) is 44.5 Å². The van der Waals surface area contributed by atoms with Crippen molar-refractivity contribution in [1.29, 1.82) is 5.26 Å². The first-order valence-electron chi connectivity index (χ1n) is 5.45. The summed E-state index contributed by atoms with van der Waals surface area (Å²) in [6, 6.07) is 7.44. The SMILES string of the molecule is Cc1cc(C#N)ccc1N(CC(=O)O)C(C)C. The van der Waals surface area contributed by atoms with Gasteiger partial charge in [0.05, 0.1) is 11.6 Å². The van der Waals surface area contributed by atoms with Crippen molar-refractivity contribution in [2.24, 2.45) is 0 Å². The summed E-state index contributed by atoms with van der Waals surface area (Å²) in [5.41, 5.74) is 2.37. The van der Waals surface area contributed by atoms with Crippen LogP contribution in [0.3, 0.4) is 0 Å². The number of nitrogens with zero attached hydrogens (tertiary/aromatic N) is 2. The van der Waals surface area contributed by atoms with E-state index in [1.807, 2.05) is 20.8 Å². The lowest BCUT2D eigenvalue weighted by Gasteiger charge is -2.28. The van der Waals surface area contributed by atoms with E-state index in [-0.39, 0.29) is 12.6 Å². The smallest absolute Gasteiger partial charge is 0.323 e. The number of carboxylic acids is 1. The predicted octanol–water partition coefficient (Wildman–Crippen LogP) is 2.17. The number of hydrogen-bond acceptors (Lipinski definition) is 3. The van der Waals surface area contributed by atoms with Crippen LogP contribution in [0.2, 0.25) is 0 Å². The molecule has 0 amide bonds. The molecule has 0 fully saturated rings. The number of aliphatic carboxylic acids is 1. The van der Waals surface area contributed by atoms with E-state index in [2.05, 4.69) is 6.07 Å². The molecular formula is C13H16N2O2. The van der Waals surface area contributed by atoms with Crippen molar-refractivity contribution in [3.8, 4) is 6.07 Å². The van der Waals surface area contributed by atoms with Gasteiger partial charge in [-0.2, -0.15) is 5.26 Å². The van der Waals surface area contributed by atoms with Gasteiger partial charge in [0.2, 0.25) is 0 Å². The van der Waals surface area contributed by atoms with Crippen molar-refractivity contribution in [2.45, 2.75) is 26.8 Å². The predicted molar refractivity (Wildman–Crippen MR) is 66.0 cm³/mol. The normalized spacial score (nSPS) is 10.1. The van der Waals surface area contributed by atoms with Gasteiger partial charge in [-0.1, -0.05) is 0 Å². The molecule has 1 aromatic carbocycles. The van der Waals surface area contributed by atoms with Crippen molar-refractivity contribution in [3.05, 3.63) is 29.3 Å².